The van der Waals surface area contributed by atoms with Crippen LogP contribution in [-0.4, -0.2) is 25.4 Å². The highest BCUT2D eigenvalue weighted by Gasteiger charge is 2.08. The summed E-state index contributed by atoms with van der Waals surface area (Å²) in [6.07, 6.45) is 3.69. The second-order valence-electron chi connectivity index (χ2n) is 4.28. The molecule has 0 aromatic heterocycles. The Kier molecular flexibility index (Phi) is 7.29. The topological polar surface area (TPSA) is 18.5 Å². The van der Waals surface area contributed by atoms with Gasteiger partial charge >= 0.3 is 0 Å². The van der Waals surface area contributed by atoms with Gasteiger partial charge in [-0.05, 0) is 27.2 Å². The fraction of sp³-hybridized carbons (Fsp3) is 1.00. The second-order valence-corrected chi connectivity index (χ2v) is 4.28. The normalized spacial score (nSPS) is 12.0. The maximum atomic E-state index is 5.51. The molecule has 13 heavy (non-hydrogen) atoms. The standard InChI is InChI=1S/C11H24O2/c1-5-6-7-8-12-9-10-13-11(2,3)4/h5-10H2,1-4H3. The lowest BCUT2D eigenvalue weighted by atomic mass is 10.2. The Balaban J connectivity index is 3.00. The molecule has 0 bridgehead atoms. The average molecular weight is 188 g/mol. The largest absolute Gasteiger partial charge is 0.379 e. The minimum Gasteiger partial charge on any atom is -0.379 e. The van der Waals surface area contributed by atoms with Crippen molar-refractivity contribution in [1.82, 2.24) is 0 Å². The Morgan fingerprint density at radius 3 is 2.15 bits per heavy atom. The van der Waals surface area contributed by atoms with Crippen LogP contribution in [-0.2, 0) is 9.47 Å². The van der Waals surface area contributed by atoms with E-state index < -0.39 is 0 Å². The summed E-state index contributed by atoms with van der Waals surface area (Å²) in [5, 5.41) is 0. The molecule has 0 atom stereocenters. The molecule has 0 saturated carbocycles. The highest BCUT2D eigenvalue weighted by Crippen LogP contribution is 2.05. The van der Waals surface area contributed by atoms with Gasteiger partial charge in [0.2, 0.25) is 0 Å². The summed E-state index contributed by atoms with van der Waals surface area (Å²) in [6.45, 7) is 10.7. The third-order valence-electron chi connectivity index (χ3n) is 1.65. The first-order chi connectivity index (χ1) is 6.06. The fourth-order valence-corrected chi connectivity index (χ4v) is 0.963. The molecular formula is C11H24O2. The molecule has 0 N–H and O–H groups in total. The van der Waals surface area contributed by atoms with Crippen LogP contribution >= 0.6 is 0 Å². The zero-order valence-electron chi connectivity index (χ0n) is 9.56. The zero-order valence-corrected chi connectivity index (χ0v) is 9.56. The van der Waals surface area contributed by atoms with Crippen LogP contribution in [0.25, 0.3) is 0 Å². The summed E-state index contributed by atoms with van der Waals surface area (Å²) >= 11 is 0. The van der Waals surface area contributed by atoms with Gasteiger partial charge in [-0.1, -0.05) is 19.8 Å². The Morgan fingerprint density at radius 1 is 0.923 bits per heavy atom. The number of rotatable bonds is 7. The van der Waals surface area contributed by atoms with Crippen molar-refractivity contribution in [1.29, 1.82) is 0 Å². The lowest BCUT2D eigenvalue weighted by Crippen LogP contribution is -2.21. The van der Waals surface area contributed by atoms with Gasteiger partial charge in [0.25, 0.3) is 0 Å². The van der Waals surface area contributed by atoms with Gasteiger partial charge in [-0.25, -0.2) is 0 Å². The van der Waals surface area contributed by atoms with Crippen LogP contribution in [0.1, 0.15) is 47.0 Å². The Morgan fingerprint density at radius 2 is 1.62 bits per heavy atom. The third kappa shape index (κ3) is 11.9. The molecule has 2 heteroatoms. The van der Waals surface area contributed by atoms with Gasteiger partial charge in [0.05, 0.1) is 18.8 Å². The van der Waals surface area contributed by atoms with Crippen LogP contribution in [0.15, 0.2) is 0 Å². The van der Waals surface area contributed by atoms with E-state index in [4.69, 9.17) is 9.47 Å². The van der Waals surface area contributed by atoms with Gasteiger partial charge in [-0.2, -0.15) is 0 Å². The Hall–Kier alpha value is -0.0800. The summed E-state index contributed by atoms with van der Waals surface area (Å²) < 4.78 is 10.9. The number of ether oxygens (including phenoxy) is 2. The first-order valence-electron chi connectivity index (χ1n) is 5.28. The first-order valence-corrected chi connectivity index (χ1v) is 5.28. The van der Waals surface area contributed by atoms with Gasteiger partial charge in [0.1, 0.15) is 0 Å². The van der Waals surface area contributed by atoms with E-state index in [1.165, 1.54) is 19.3 Å². The molecule has 0 radical (unpaired) electrons. The molecule has 0 saturated heterocycles. The summed E-state index contributed by atoms with van der Waals surface area (Å²) in [6, 6.07) is 0. The molecule has 2 nitrogen and oxygen atoms in total. The molecule has 0 aliphatic heterocycles. The van der Waals surface area contributed by atoms with E-state index in [-0.39, 0.29) is 5.60 Å². The van der Waals surface area contributed by atoms with E-state index in [0.717, 1.165) is 13.2 Å². The predicted octanol–water partition coefficient (Wildman–Crippen LogP) is 3.01. The SMILES string of the molecule is CCCCCOCCOC(C)(C)C. The molecule has 0 aliphatic carbocycles. The molecule has 0 fully saturated rings. The monoisotopic (exact) mass is 188 g/mol. The fourth-order valence-electron chi connectivity index (χ4n) is 0.963. The summed E-state index contributed by atoms with van der Waals surface area (Å²) in [7, 11) is 0. The Labute approximate surface area is 82.6 Å². The maximum Gasteiger partial charge on any atom is 0.0707 e. The summed E-state index contributed by atoms with van der Waals surface area (Å²) in [5.41, 5.74) is -0.0349. The average Bonchev–Trinajstić information content (AvgIpc) is 2.01. The van der Waals surface area contributed by atoms with Gasteiger partial charge in [-0.3, -0.25) is 0 Å². The van der Waals surface area contributed by atoms with Crippen LogP contribution in [0.4, 0.5) is 0 Å². The van der Waals surface area contributed by atoms with Gasteiger partial charge in [0.15, 0.2) is 0 Å². The smallest absolute Gasteiger partial charge is 0.0707 e. The number of hydrogen-bond acceptors (Lipinski definition) is 2. The molecule has 0 aromatic rings. The van der Waals surface area contributed by atoms with Gasteiger partial charge in [-0.15, -0.1) is 0 Å². The van der Waals surface area contributed by atoms with Crippen molar-refractivity contribution >= 4 is 0 Å². The number of hydrogen-bond donors (Lipinski definition) is 0. The Bertz CT molecular complexity index is 105. The van der Waals surface area contributed by atoms with Crippen LogP contribution in [0.5, 0.6) is 0 Å². The minimum atomic E-state index is -0.0349. The van der Waals surface area contributed by atoms with E-state index in [2.05, 4.69) is 27.7 Å². The molecule has 0 unspecified atom stereocenters. The predicted molar refractivity (Wildman–Crippen MR) is 56.0 cm³/mol. The van der Waals surface area contributed by atoms with Crippen molar-refractivity contribution in [2.45, 2.75) is 52.6 Å². The second kappa shape index (κ2) is 7.34. The van der Waals surface area contributed by atoms with Crippen molar-refractivity contribution < 1.29 is 9.47 Å². The van der Waals surface area contributed by atoms with E-state index >= 15 is 0 Å². The van der Waals surface area contributed by atoms with E-state index in [9.17, 15) is 0 Å². The lowest BCUT2D eigenvalue weighted by Gasteiger charge is -2.19. The first kappa shape index (κ1) is 12.9. The van der Waals surface area contributed by atoms with Crippen LogP contribution in [0, 0.1) is 0 Å². The summed E-state index contributed by atoms with van der Waals surface area (Å²) in [5.74, 6) is 0. The van der Waals surface area contributed by atoms with E-state index in [1.807, 2.05) is 0 Å². The maximum absolute atomic E-state index is 5.51. The minimum absolute atomic E-state index is 0.0349. The van der Waals surface area contributed by atoms with Crippen molar-refractivity contribution in [2.75, 3.05) is 19.8 Å². The molecule has 0 spiro atoms. The van der Waals surface area contributed by atoms with E-state index in [1.54, 1.807) is 0 Å². The van der Waals surface area contributed by atoms with Gasteiger partial charge in [0, 0.05) is 6.61 Å². The molecule has 0 heterocycles. The molecule has 0 aliphatic rings. The van der Waals surface area contributed by atoms with Gasteiger partial charge < -0.3 is 9.47 Å². The van der Waals surface area contributed by atoms with Crippen molar-refractivity contribution in [3.05, 3.63) is 0 Å². The summed E-state index contributed by atoms with van der Waals surface area (Å²) in [4.78, 5) is 0. The lowest BCUT2D eigenvalue weighted by molar-refractivity contribution is -0.0351. The number of unbranched alkanes of at least 4 members (excludes halogenated alkanes) is 2. The quantitative estimate of drug-likeness (QED) is 0.572. The van der Waals surface area contributed by atoms with Crippen LogP contribution in [0.3, 0.4) is 0 Å². The highest BCUT2D eigenvalue weighted by molar-refractivity contribution is 4.57. The molecule has 0 aromatic carbocycles. The molecule has 0 rings (SSSR count). The van der Waals surface area contributed by atoms with Crippen molar-refractivity contribution in [3.8, 4) is 0 Å². The molecular weight excluding hydrogens is 164 g/mol. The van der Waals surface area contributed by atoms with Crippen LogP contribution in [0.2, 0.25) is 0 Å². The van der Waals surface area contributed by atoms with Crippen molar-refractivity contribution in [2.24, 2.45) is 0 Å². The zero-order chi connectivity index (χ0) is 10.2. The highest BCUT2D eigenvalue weighted by atomic mass is 16.5. The molecule has 0 amide bonds. The van der Waals surface area contributed by atoms with Crippen molar-refractivity contribution in [3.63, 3.8) is 0 Å². The van der Waals surface area contributed by atoms with Crippen LogP contribution < -0.4 is 0 Å². The molecule has 80 valence electrons. The third-order valence-corrected chi connectivity index (χ3v) is 1.65. The van der Waals surface area contributed by atoms with E-state index in [0.29, 0.717) is 6.61 Å².